The molecule has 1 aromatic heterocycles. The van der Waals surface area contributed by atoms with E-state index in [1.165, 1.54) is 23.9 Å². The normalized spacial score (nSPS) is 20.0. The molecule has 0 amide bonds. The maximum absolute atomic E-state index is 13.0. The Morgan fingerprint density at radius 1 is 1.04 bits per heavy atom. The van der Waals surface area contributed by atoms with E-state index in [1.807, 2.05) is 16.8 Å². The summed E-state index contributed by atoms with van der Waals surface area (Å²) in [5, 5.41) is 4.17. The Morgan fingerprint density at radius 3 is 2.50 bits per heavy atom. The zero-order chi connectivity index (χ0) is 16.6. The van der Waals surface area contributed by atoms with Crippen molar-refractivity contribution in [3.05, 3.63) is 42.0 Å². The fraction of sp³-hybridized carbons (Fsp3) is 0.529. The third-order valence-electron chi connectivity index (χ3n) is 5.19. The van der Waals surface area contributed by atoms with Crippen LogP contribution in [0.2, 0.25) is 0 Å². The minimum absolute atomic E-state index is 0.238. The lowest BCUT2D eigenvalue weighted by molar-refractivity contribution is 0.260. The topological polar surface area (TPSA) is 68.1 Å². The molecule has 2 aliphatic rings. The van der Waals surface area contributed by atoms with Gasteiger partial charge in [-0.15, -0.1) is 0 Å². The summed E-state index contributed by atoms with van der Waals surface area (Å²) < 4.78 is 29.4. The fourth-order valence-corrected chi connectivity index (χ4v) is 5.29. The molecule has 1 saturated heterocycles. The lowest BCUT2D eigenvalue weighted by Crippen LogP contribution is -2.39. The summed E-state index contributed by atoms with van der Waals surface area (Å²) in [4.78, 5) is 4.42. The van der Waals surface area contributed by atoms with Crippen LogP contribution in [0.3, 0.4) is 0 Å². The van der Waals surface area contributed by atoms with Crippen molar-refractivity contribution in [3.8, 4) is 0 Å². The molecule has 1 aliphatic carbocycles. The lowest BCUT2D eigenvalue weighted by Gasteiger charge is -2.31. The van der Waals surface area contributed by atoms with E-state index in [-0.39, 0.29) is 6.04 Å². The molecular weight excluding hydrogens is 324 g/mol. The molecule has 0 saturated carbocycles. The van der Waals surface area contributed by atoms with Gasteiger partial charge in [0, 0.05) is 13.1 Å². The maximum Gasteiger partial charge on any atom is 0.243 e. The molecule has 0 bridgehead atoms. The number of aryl methyl sites for hydroxylation is 2. The number of nitrogens with zero attached hydrogens (tertiary/aromatic N) is 4. The van der Waals surface area contributed by atoms with Crippen molar-refractivity contribution in [3.63, 3.8) is 0 Å². The number of hydrogen-bond donors (Lipinski definition) is 0. The smallest absolute Gasteiger partial charge is 0.243 e. The third-order valence-corrected chi connectivity index (χ3v) is 7.09. The Morgan fingerprint density at radius 2 is 1.79 bits per heavy atom. The second kappa shape index (κ2) is 6.29. The quantitative estimate of drug-likeness (QED) is 0.854. The molecule has 0 N–H and O–H groups in total. The van der Waals surface area contributed by atoms with Crippen LogP contribution in [-0.2, 0) is 22.9 Å². The zero-order valence-corrected chi connectivity index (χ0v) is 14.5. The monoisotopic (exact) mass is 346 g/mol. The van der Waals surface area contributed by atoms with Gasteiger partial charge in [-0.2, -0.15) is 9.40 Å². The number of fused-ring (bicyclic) bond motifs is 1. The number of rotatable bonds is 3. The van der Waals surface area contributed by atoms with Crippen molar-refractivity contribution >= 4 is 10.0 Å². The molecule has 4 rings (SSSR count). The summed E-state index contributed by atoms with van der Waals surface area (Å²) in [7, 11) is -3.40. The first-order valence-electron chi connectivity index (χ1n) is 8.61. The van der Waals surface area contributed by atoms with Gasteiger partial charge in [-0.25, -0.2) is 18.1 Å². The Labute approximate surface area is 142 Å². The van der Waals surface area contributed by atoms with E-state index in [0.29, 0.717) is 18.0 Å². The van der Waals surface area contributed by atoms with Crippen LogP contribution in [0, 0.1) is 0 Å². The first kappa shape index (κ1) is 15.8. The van der Waals surface area contributed by atoms with Gasteiger partial charge >= 0.3 is 0 Å². The Kier molecular flexibility index (Phi) is 4.14. The van der Waals surface area contributed by atoms with Crippen molar-refractivity contribution < 1.29 is 8.42 Å². The number of sulfonamides is 1. The minimum Gasteiger partial charge on any atom is -0.250 e. The number of hydrogen-bond acceptors (Lipinski definition) is 4. The van der Waals surface area contributed by atoms with Crippen molar-refractivity contribution in [2.45, 2.75) is 49.5 Å². The highest BCUT2D eigenvalue weighted by atomic mass is 32.2. The minimum atomic E-state index is -3.40. The van der Waals surface area contributed by atoms with Gasteiger partial charge in [0.1, 0.15) is 12.7 Å². The maximum atomic E-state index is 13.0. The predicted molar refractivity (Wildman–Crippen MR) is 90.1 cm³/mol. The van der Waals surface area contributed by atoms with Crippen molar-refractivity contribution in [2.24, 2.45) is 0 Å². The van der Waals surface area contributed by atoms with Gasteiger partial charge in [0.15, 0.2) is 0 Å². The van der Waals surface area contributed by atoms with Gasteiger partial charge < -0.3 is 0 Å². The molecule has 0 radical (unpaired) electrons. The van der Waals surface area contributed by atoms with Crippen molar-refractivity contribution in [1.82, 2.24) is 19.1 Å². The highest BCUT2D eigenvalue weighted by Gasteiger charge is 2.30. The van der Waals surface area contributed by atoms with Crippen LogP contribution in [0.1, 0.15) is 42.9 Å². The summed E-state index contributed by atoms with van der Waals surface area (Å²) in [6.45, 7) is 1.06. The van der Waals surface area contributed by atoms with Crippen LogP contribution in [0.5, 0.6) is 0 Å². The Bertz CT molecular complexity index is 809. The van der Waals surface area contributed by atoms with Crippen molar-refractivity contribution in [1.29, 1.82) is 0 Å². The number of benzene rings is 1. The van der Waals surface area contributed by atoms with Gasteiger partial charge in [-0.1, -0.05) is 6.07 Å². The highest BCUT2D eigenvalue weighted by molar-refractivity contribution is 7.89. The average Bonchev–Trinajstić information content (AvgIpc) is 3.16. The van der Waals surface area contributed by atoms with Crippen LogP contribution >= 0.6 is 0 Å². The van der Waals surface area contributed by atoms with E-state index in [4.69, 9.17) is 0 Å². The first-order valence-corrected chi connectivity index (χ1v) is 10.0. The van der Waals surface area contributed by atoms with Gasteiger partial charge in [0.25, 0.3) is 0 Å². The highest BCUT2D eigenvalue weighted by Crippen LogP contribution is 2.29. The Hall–Kier alpha value is -1.73. The standard InChI is InChI=1S/C17H22N4O2S/c22-24(23,17-6-5-14-3-1-2-4-15(14)11-17)20-9-7-16(8-10-20)21-13-18-12-19-21/h5-6,11-13,16H,1-4,7-10H2. The predicted octanol–water partition coefficient (Wildman–Crippen LogP) is 2.18. The van der Waals surface area contributed by atoms with Crippen LogP contribution < -0.4 is 0 Å². The second-order valence-corrected chi connectivity index (χ2v) is 8.59. The zero-order valence-electron chi connectivity index (χ0n) is 13.6. The number of aromatic nitrogens is 3. The summed E-state index contributed by atoms with van der Waals surface area (Å²) in [5.41, 5.74) is 2.52. The van der Waals surface area contributed by atoms with E-state index in [2.05, 4.69) is 10.1 Å². The second-order valence-electron chi connectivity index (χ2n) is 6.65. The summed E-state index contributed by atoms with van der Waals surface area (Å²) >= 11 is 0. The van der Waals surface area contributed by atoms with Gasteiger partial charge in [0.05, 0.1) is 10.9 Å². The molecule has 128 valence electrons. The van der Waals surface area contributed by atoms with E-state index < -0.39 is 10.0 Å². The molecule has 2 heterocycles. The first-order chi connectivity index (χ1) is 11.6. The molecule has 0 atom stereocenters. The third kappa shape index (κ3) is 2.86. The largest absolute Gasteiger partial charge is 0.250 e. The van der Waals surface area contributed by atoms with E-state index in [1.54, 1.807) is 16.7 Å². The molecule has 1 aromatic carbocycles. The van der Waals surface area contributed by atoms with E-state index in [0.717, 1.165) is 32.1 Å². The summed E-state index contributed by atoms with van der Waals surface area (Å²) in [6, 6.07) is 5.92. The van der Waals surface area contributed by atoms with Crippen LogP contribution in [-0.4, -0.2) is 40.6 Å². The molecular formula is C17H22N4O2S. The van der Waals surface area contributed by atoms with Crippen LogP contribution in [0.4, 0.5) is 0 Å². The molecule has 24 heavy (non-hydrogen) atoms. The summed E-state index contributed by atoms with van der Waals surface area (Å²) in [5.74, 6) is 0. The molecule has 1 aliphatic heterocycles. The molecule has 0 unspecified atom stereocenters. The van der Waals surface area contributed by atoms with Crippen LogP contribution in [0.25, 0.3) is 0 Å². The Balaban J connectivity index is 1.51. The molecule has 1 fully saturated rings. The average molecular weight is 346 g/mol. The molecule has 6 nitrogen and oxygen atoms in total. The van der Waals surface area contributed by atoms with E-state index in [9.17, 15) is 8.42 Å². The molecule has 2 aromatic rings. The van der Waals surface area contributed by atoms with E-state index >= 15 is 0 Å². The SMILES string of the molecule is O=S(=O)(c1ccc2c(c1)CCCC2)N1CCC(n2cncn2)CC1. The van der Waals surface area contributed by atoms with Gasteiger partial charge in [-0.3, -0.25) is 0 Å². The van der Waals surface area contributed by atoms with Crippen LogP contribution in [0.15, 0.2) is 35.7 Å². The lowest BCUT2D eigenvalue weighted by atomic mass is 9.92. The summed E-state index contributed by atoms with van der Waals surface area (Å²) in [6.07, 6.45) is 9.19. The number of piperidine rings is 1. The van der Waals surface area contributed by atoms with Gasteiger partial charge in [0.2, 0.25) is 10.0 Å². The molecule has 7 heteroatoms. The van der Waals surface area contributed by atoms with Crippen molar-refractivity contribution in [2.75, 3.05) is 13.1 Å². The fourth-order valence-electron chi connectivity index (χ4n) is 3.77. The van der Waals surface area contributed by atoms with Gasteiger partial charge in [-0.05, 0) is 61.8 Å². The molecule has 0 spiro atoms.